The number of halogens is 2. The van der Waals surface area contributed by atoms with Crippen LogP contribution in [-0.4, -0.2) is 20.7 Å². The number of nitrogens with zero attached hydrogens (tertiary/aromatic N) is 3. The van der Waals surface area contributed by atoms with Crippen molar-refractivity contribution in [2.45, 2.75) is 13.3 Å². The third-order valence-electron chi connectivity index (χ3n) is 3.06. The molecular weight excluding hydrogens is 353 g/mol. The van der Waals surface area contributed by atoms with Crippen molar-refractivity contribution in [2.75, 3.05) is 0 Å². The predicted molar refractivity (Wildman–Crippen MR) is 88.4 cm³/mol. The first-order valence-corrected chi connectivity index (χ1v) is 8.09. The summed E-state index contributed by atoms with van der Waals surface area (Å²) in [5, 5.41) is 0.403. The van der Waals surface area contributed by atoms with Crippen LogP contribution >= 0.6 is 22.9 Å². The van der Waals surface area contributed by atoms with Crippen LogP contribution in [0.15, 0.2) is 36.9 Å². The average Bonchev–Trinajstić information content (AvgIpc) is 2.85. The predicted octanol–water partition coefficient (Wildman–Crippen LogP) is 4.25. The largest absolute Gasteiger partial charge is 0.454 e. The van der Waals surface area contributed by atoms with Gasteiger partial charge in [-0.15, -0.1) is 0 Å². The molecule has 0 aliphatic rings. The molecule has 0 aliphatic carbocycles. The minimum absolute atomic E-state index is 0.00363. The molecule has 3 aromatic rings. The van der Waals surface area contributed by atoms with Crippen LogP contribution in [0.4, 0.5) is 4.39 Å². The topological polar surface area (TPSA) is 65.0 Å². The molecule has 122 valence electrons. The number of carbonyl (C=O) groups excluding carboxylic acids is 1. The third kappa shape index (κ3) is 3.93. The zero-order chi connectivity index (χ0) is 17.1. The Hall–Kier alpha value is -2.38. The molecule has 1 aromatic carbocycles. The Morgan fingerprint density at radius 1 is 1.25 bits per heavy atom. The van der Waals surface area contributed by atoms with E-state index in [1.807, 2.05) is 0 Å². The van der Waals surface area contributed by atoms with Crippen LogP contribution in [-0.2, 0) is 6.42 Å². The highest BCUT2D eigenvalue weighted by atomic mass is 35.5. The fourth-order valence-electron chi connectivity index (χ4n) is 2.00. The molecule has 0 radical (unpaired) electrons. The maximum Gasteiger partial charge on any atom is 0.199 e. The van der Waals surface area contributed by atoms with E-state index in [4.69, 9.17) is 16.3 Å². The summed E-state index contributed by atoms with van der Waals surface area (Å²) in [5.41, 5.74) is 0.657. The minimum Gasteiger partial charge on any atom is -0.454 e. The van der Waals surface area contributed by atoms with Crippen molar-refractivity contribution >= 4 is 28.7 Å². The van der Waals surface area contributed by atoms with Crippen LogP contribution in [0.2, 0.25) is 5.02 Å². The lowest BCUT2D eigenvalue weighted by Gasteiger charge is -2.07. The number of hydrogen-bond donors (Lipinski definition) is 0. The number of hydrogen-bond acceptors (Lipinski definition) is 6. The molecule has 2 aromatic heterocycles. The van der Waals surface area contributed by atoms with Crippen LogP contribution in [0, 0.1) is 12.1 Å². The molecular formula is C16H11ClFN3O2S. The van der Waals surface area contributed by atoms with Crippen molar-refractivity contribution in [1.29, 1.82) is 0 Å². The van der Waals surface area contributed by atoms with Crippen LogP contribution in [0.1, 0.15) is 21.1 Å². The Labute approximate surface area is 146 Å². The molecule has 3 rings (SSSR count). The summed E-state index contributed by atoms with van der Waals surface area (Å²) in [7, 11) is 0. The standard InChI is InChI=1S/C16H11ClFN3O2S/c1-9-16(18)24-15(21-9)5-14(22)10-2-11(17)4-12(3-10)23-13-6-19-8-20-7-13/h2-4,6-8H,5H2,1H3. The van der Waals surface area contributed by atoms with Gasteiger partial charge in [0.1, 0.15) is 17.1 Å². The molecule has 0 aliphatic heterocycles. The van der Waals surface area contributed by atoms with E-state index < -0.39 is 0 Å². The first-order valence-electron chi connectivity index (χ1n) is 6.90. The molecule has 0 spiro atoms. The lowest BCUT2D eigenvalue weighted by molar-refractivity contribution is 0.0992. The summed E-state index contributed by atoms with van der Waals surface area (Å²) in [4.78, 5) is 24.1. The van der Waals surface area contributed by atoms with Crippen LogP contribution in [0.25, 0.3) is 0 Å². The summed E-state index contributed by atoms with van der Waals surface area (Å²) < 4.78 is 18.9. The molecule has 0 unspecified atom stereocenters. The monoisotopic (exact) mass is 363 g/mol. The van der Waals surface area contributed by atoms with Crippen LogP contribution < -0.4 is 4.74 Å². The average molecular weight is 364 g/mol. The zero-order valence-corrected chi connectivity index (χ0v) is 14.1. The molecule has 2 heterocycles. The molecule has 0 N–H and O–H groups in total. The summed E-state index contributed by atoms with van der Waals surface area (Å²) in [6.45, 7) is 1.56. The number of benzene rings is 1. The Morgan fingerprint density at radius 2 is 2.00 bits per heavy atom. The second kappa shape index (κ2) is 7.02. The molecule has 0 amide bonds. The smallest absolute Gasteiger partial charge is 0.199 e. The molecule has 0 atom stereocenters. The molecule has 5 nitrogen and oxygen atoms in total. The lowest BCUT2D eigenvalue weighted by atomic mass is 10.1. The highest BCUT2D eigenvalue weighted by Gasteiger charge is 2.14. The van der Waals surface area contributed by atoms with Gasteiger partial charge >= 0.3 is 0 Å². The zero-order valence-electron chi connectivity index (χ0n) is 12.5. The van der Waals surface area contributed by atoms with E-state index in [0.717, 1.165) is 11.3 Å². The number of thiazole rings is 1. The first kappa shape index (κ1) is 16.5. The minimum atomic E-state index is -0.378. The van der Waals surface area contributed by atoms with Gasteiger partial charge in [-0.25, -0.2) is 15.0 Å². The van der Waals surface area contributed by atoms with E-state index in [1.54, 1.807) is 19.1 Å². The van der Waals surface area contributed by atoms with Crippen molar-refractivity contribution in [3.05, 3.63) is 63.3 Å². The fourth-order valence-corrected chi connectivity index (χ4v) is 3.01. The van der Waals surface area contributed by atoms with Crippen molar-refractivity contribution in [3.8, 4) is 11.5 Å². The number of carbonyl (C=O) groups is 1. The summed E-state index contributed by atoms with van der Waals surface area (Å²) in [6, 6.07) is 4.69. The Bertz CT molecular complexity index is 867. The van der Waals surface area contributed by atoms with Gasteiger partial charge in [-0.05, 0) is 25.1 Å². The molecule has 0 bridgehead atoms. The van der Waals surface area contributed by atoms with E-state index in [2.05, 4.69) is 15.0 Å². The Morgan fingerprint density at radius 3 is 2.67 bits per heavy atom. The van der Waals surface area contributed by atoms with E-state index >= 15 is 0 Å². The van der Waals surface area contributed by atoms with Gasteiger partial charge in [-0.1, -0.05) is 22.9 Å². The number of ketones is 1. The quantitative estimate of drug-likeness (QED) is 0.634. The van der Waals surface area contributed by atoms with E-state index in [1.165, 1.54) is 24.8 Å². The fraction of sp³-hybridized carbons (Fsp3) is 0.125. The van der Waals surface area contributed by atoms with Gasteiger partial charge < -0.3 is 4.74 Å². The summed E-state index contributed by atoms with van der Waals surface area (Å²) in [6.07, 6.45) is 4.38. The normalized spacial score (nSPS) is 10.6. The first-order chi connectivity index (χ1) is 11.5. The van der Waals surface area contributed by atoms with Gasteiger partial charge in [0.25, 0.3) is 0 Å². The number of aryl methyl sites for hydroxylation is 1. The van der Waals surface area contributed by atoms with Crippen molar-refractivity contribution in [2.24, 2.45) is 0 Å². The molecule has 8 heteroatoms. The second-order valence-electron chi connectivity index (χ2n) is 4.92. The van der Waals surface area contributed by atoms with Gasteiger partial charge in [0.2, 0.25) is 0 Å². The van der Waals surface area contributed by atoms with Gasteiger partial charge in [0.05, 0.1) is 24.5 Å². The lowest BCUT2D eigenvalue weighted by Crippen LogP contribution is -2.04. The van der Waals surface area contributed by atoms with Crippen molar-refractivity contribution < 1.29 is 13.9 Å². The van der Waals surface area contributed by atoms with Crippen molar-refractivity contribution in [1.82, 2.24) is 15.0 Å². The van der Waals surface area contributed by atoms with E-state index in [-0.39, 0.29) is 17.3 Å². The van der Waals surface area contributed by atoms with Gasteiger partial charge in [-0.2, -0.15) is 4.39 Å². The molecule has 24 heavy (non-hydrogen) atoms. The number of rotatable bonds is 5. The molecule has 0 saturated heterocycles. The summed E-state index contributed by atoms with van der Waals surface area (Å²) >= 11 is 6.93. The maximum atomic E-state index is 13.4. The van der Waals surface area contributed by atoms with Gasteiger partial charge in [0.15, 0.2) is 16.7 Å². The van der Waals surface area contributed by atoms with Crippen LogP contribution in [0.3, 0.4) is 0 Å². The number of ether oxygens (including phenoxy) is 1. The number of Topliss-reactive ketones (excluding diaryl/α,β-unsaturated/α-hetero) is 1. The number of aromatic nitrogens is 3. The Kier molecular flexibility index (Phi) is 4.82. The Balaban J connectivity index is 1.81. The van der Waals surface area contributed by atoms with E-state index in [9.17, 15) is 9.18 Å². The molecule has 0 saturated carbocycles. The van der Waals surface area contributed by atoms with Gasteiger partial charge in [-0.3, -0.25) is 4.79 Å². The highest BCUT2D eigenvalue weighted by molar-refractivity contribution is 7.10. The maximum absolute atomic E-state index is 13.4. The van der Waals surface area contributed by atoms with E-state index in [0.29, 0.717) is 32.8 Å². The second-order valence-corrected chi connectivity index (χ2v) is 6.39. The van der Waals surface area contributed by atoms with Crippen molar-refractivity contribution in [3.63, 3.8) is 0 Å². The SMILES string of the molecule is Cc1nc(CC(=O)c2cc(Cl)cc(Oc3cncnc3)c2)sc1F. The molecule has 0 fully saturated rings. The highest BCUT2D eigenvalue weighted by Crippen LogP contribution is 2.26. The van der Waals surface area contributed by atoms with Gasteiger partial charge in [0, 0.05) is 10.6 Å². The van der Waals surface area contributed by atoms with Crippen LogP contribution in [0.5, 0.6) is 11.5 Å². The third-order valence-corrected chi connectivity index (χ3v) is 4.23. The summed E-state index contributed by atoms with van der Waals surface area (Å²) in [5.74, 6) is 0.596.